The summed E-state index contributed by atoms with van der Waals surface area (Å²) >= 11 is 0. The molecule has 21 heavy (non-hydrogen) atoms. The van der Waals surface area contributed by atoms with Crippen molar-refractivity contribution in [2.75, 3.05) is 17.2 Å². The normalized spacial score (nSPS) is 20.6. The van der Waals surface area contributed by atoms with Crippen LogP contribution in [-0.4, -0.2) is 33.6 Å². The molecule has 0 radical (unpaired) electrons. The molecule has 0 bridgehead atoms. The zero-order valence-electron chi connectivity index (χ0n) is 11.8. The van der Waals surface area contributed by atoms with E-state index in [4.69, 9.17) is 11.0 Å². The van der Waals surface area contributed by atoms with Crippen LogP contribution < -0.4 is 16.4 Å². The van der Waals surface area contributed by atoms with E-state index < -0.39 is 0 Å². The first-order chi connectivity index (χ1) is 10.2. The summed E-state index contributed by atoms with van der Waals surface area (Å²) in [6.07, 6.45) is 3.59. The van der Waals surface area contributed by atoms with E-state index in [9.17, 15) is 0 Å². The van der Waals surface area contributed by atoms with Gasteiger partial charge in [-0.2, -0.15) is 5.26 Å². The Labute approximate surface area is 122 Å². The van der Waals surface area contributed by atoms with Crippen molar-refractivity contribution >= 4 is 22.7 Å². The number of nitriles is 1. The molecular formula is C14H17N7. The molecule has 108 valence electrons. The molecule has 2 aromatic heterocycles. The lowest BCUT2D eigenvalue weighted by Crippen LogP contribution is -2.44. The molecule has 2 heterocycles. The summed E-state index contributed by atoms with van der Waals surface area (Å²) < 4.78 is 0. The van der Waals surface area contributed by atoms with Crippen molar-refractivity contribution in [1.82, 2.24) is 15.0 Å². The number of rotatable bonds is 4. The number of hydrogen-bond donors (Lipinski definition) is 3. The van der Waals surface area contributed by atoms with Crippen LogP contribution in [0.1, 0.15) is 25.5 Å². The predicted octanol–water partition coefficient (Wildman–Crippen LogP) is 1.23. The average Bonchev–Trinajstić information content (AvgIpc) is 2.46. The van der Waals surface area contributed by atoms with E-state index in [1.807, 2.05) is 6.92 Å². The zero-order valence-corrected chi connectivity index (χ0v) is 11.8. The van der Waals surface area contributed by atoms with E-state index in [-0.39, 0.29) is 6.04 Å². The summed E-state index contributed by atoms with van der Waals surface area (Å²) in [7, 11) is 0. The first-order valence-corrected chi connectivity index (χ1v) is 7.03. The van der Waals surface area contributed by atoms with Crippen molar-refractivity contribution in [3.05, 3.63) is 18.0 Å². The third-order valence-corrected chi connectivity index (χ3v) is 3.53. The van der Waals surface area contributed by atoms with Gasteiger partial charge in [0.15, 0.2) is 5.82 Å². The van der Waals surface area contributed by atoms with Gasteiger partial charge in [-0.05, 0) is 25.8 Å². The molecule has 4 N–H and O–H groups in total. The predicted molar refractivity (Wildman–Crippen MR) is 80.8 cm³/mol. The van der Waals surface area contributed by atoms with E-state index in [0.29, 0.717) is 30.0 Å². The Hall–Kier alpha value is -2.46. The maximum atomic E-state index is 9.02. The van der Waals surface area contributed by atoms with E-state index >= 15 is 0 Å². The van der Waals surface area contributed by atoms with Crippen molar-refractivity contribution in [2.24, 2.45) is 5.73 Å². The third-order valence-electron chi connectivity index (χ3n) is 3.53. The second-order valence-electron chi connectivity index (χ2n) is 5.20. The van der Waals surface area contributed by atoms with Gasteiger partial charge in [0.25, 0.3) is 0 Å². The van der Waals surface area contributed by atoms with Crippen molar-refractivity contribution in [2.45, 2.75) is 31.8 Å². The molecule has 0 aromatic carbocycles. The van der Waals surface area contributed by atoms with Crippen molar-refractivity contribution in [3.8, 4) is 6.07 Å². The minimum atomic E-state index is 0.278. The molecule has 7 heteroatoms. The average molecular weight is 283 g/mol. The molecule has 2 aromatic rings. The fourth-order valence-corrected chi connectivity index (χ4v) is 2.42. The number of hydrogen-bond acceptors (Lipinski definition) is 7. The van der Waals surface area contributed by atoms with Gasteiger partial charge in [0.1, 0.15) is 17.3 Å². The van der Waals surface area contributed by atoms with Gasteiger partial charge in [-0.3, -0.25) is 0 Å². The maximum absolute atomic E-state index is 9.02. The van der Waals surface area contributed by atoms with Crippen LogP contribution in [0, 0.1) is 11.3 Å². The number of fused-ring (bicyclic) bond motifs is 1. The Morgan fingerprint density at radius 2 is 2.24 bits per heavy atom. The monoisotopic (exact) mass is 283 g/mol. The Morgan fingerprint density at radius 1 is 1.43 bits per heavy atom. The number of nitrogens with zero attached hydrogens (tertiary/aromatic N) is 4. The highest BCUT2D eigenvalue weighted by Gasteiger charge is 2.26. The minimum Gasteiger partial charge on any atom is -0.368 e. The molecule has 0 unspecified atom stereocenters. The third kappa shape index (κ3) is 2.71. The topological polar surface area (TPSA) is 113 Å². The summed E-state index contributed by atoms with van der Waals surface area (Å²) in [5, 5.41) is 16.2. The molecule has 0 spiro atoms. The second-order valence-corrected chi connectivity index (χ2v) is 5.20. The lowest BCUT2D eigenvalue weighted by Gasteiger charge is -2.32. The van der Waals surface area contributed by atoms with Crippen LogP contribution in [-0.2, 0) is 0 Å². The summed E-state index contributed by atoms with van der Waals surface area (Å²) in [6.45, 7) is 2.68. The molecule has 1 aliphatic rings. The van der Waals surface area contributed by atoms with Gasteiger partial charge in [0.2, 0.25) is 5.95 Å². The highest BCUT2D eigenvalue weighted by molar-refractivity contribution is 5.89. The van der Waals surface area contributed by atoms with Gasteiger partial charge in [0.05, 0.1) is 0 Å². The molecule has 1 fully saturated rings. The van der Waals surface area contributed by atoms with E-state index in [0.717, 1.165) is 23.7 Å². The lowest BCUT2D eigenvalue weighted by atomic mass is 9.88. The van der Waals surface area contributed by atoms with Crippen LogP contribution in [0.5, 0.6) is 0 Å². The van der Waals surface area contributed by atoms with E-state index in [1.54, 1.807) is 12.3 Å². The molecule has 3 rings (SSSR count). The van der Waals surface area contributed by atoms with Gasteiger partial charge in [-0.1, -0.05) is 0 Å². The molecular weight excluding hydrogens is 266 g/mol. The van der Waals surface area contributed by atoms with Gasteiger partial charge >= 0.3 is 0 Å². The molecule has 1 saturated carbocycles. The SMILES string of the molecule is CCNc1nc(C#N)cc2cnc(NC3CC(N)C3)nc12. The molecule has 1 aliphatic carbocycles. The fraction of sp³-hybridized carbons (Fsp3) is 0.429. The smallest absolute Gasteiger partial charge is 0.223 e. The van der Waals surface area contributed by atoms with E-state index in [1.165, 1.54) is 0 Å². The van der Waals surface area contributed by atoms with Gasteiger partial charge < -0.3 is 16.4 Å². The zero-order chi connectivity index (χ0) is 14.8. The first kappa shape index (κ1) is 13.5. The quantitative estimate of drug-likeness (QED) is 0.773. The Morgan fingerprint density at radius 3 is 2.90 bits per heavy atom. The molecule has 0 saturated heterocycles. The Bertz CT molecular complexity index is 700. The number of pyridine rings is 1. The highest BCUT2D eigenvalue weighted by Crippen LogP contribution is 2.24. The fourth-order valence-electron chi connectivity index (χ4n) is 2.42. The Kier molecular flexibility index (Phi) is 3.54. The number of anilines is 2. The largest absolute Gasteiger partial charge is 0.368 e. The van der Waals surface area contributed by atoms with Crippen LogP contribution in [0.2, 0.25) is 0 Å². The minimum absolute atomic E-state index is 0.278. The van der Waals surface area contributed by atoms with Crippen LogP contribution in [0.15, 0.2) is 12.3 Å². The summed E-state index contributed by atoms with van der Waals surface area (Å²) in [6, 6.07) is 4.36. The summed E-state index contributed by atoms with van der Waals surface area (Å²) in [4.78, 5) is 13.1. The van der Waals surface area contributed by atoms with Crippen LogP contribution in [0.25, 0.3) is 10.9 Å². The van der Waals surface area contributed by atoms with Crippen molar-refractivity contribution in [3.63, 3.8) is 0 Å². The summed E-state index contributed by atoms with van der Waals surface area (Å²) in [5.41, 5.74) is 6.85. The van der Waals surface area contributed by atoms with Gasteiger partial charge in [-0.25, -0.2) is 15.0 Å². The number of aromatic nitrogens is 3. The Balaban J connectivity index is 1.95. The first-order valence-electron chi connectivity index (χ1n) is 7.03. The molecule has 7 nitrogen and oxygen atoms in total. The van der Waals surface area contributed by atoms with Crippen molar-refractivity contribution < 1.29 is 0 Å². The molecule has 0 amide bonds. The maximum Gasteiger partial charge on any atom is 0.223 e. The van der Waals surface area contributed by atoms with Crippen LogP contribution >= 0.6 is 0 Å². The van der Waals surface area contributed by atoms with Crippen molar-refractivity contribution in [1.29, 1.82) is 5.26 Å². The second kappa shape index (κ2) is 5.50. The van der Waals surface area contributed by atoms with E-state index in [2.05, 4.69) is 31.7 Å². The molecule has 0 aliphatic heterocycles. The number of nitrogens with two attached hydrogens (primary N) is 1. The highest BCUT2D eigenvalue weighted by atomic mass is 15.1. The van der Waals surface area contributed by atoms with Crippen LogP contribution in [0.4, 0.5) is 11.8 Å². The van der Waals surface area contributed by atoms with Gasteiger partial charge in [-0.15, -0.1) is 0 Å². The van der Waals surface area contributed by atoms with Gasteiger partial charge in [0, 0.05) is 30.2 Å². The lowest BCUT2D eigenvalue weighted by molar-refractivity contribution is 0.372. The number of nitrogens with one attached hydrogen (secondary N) is 2. The molecule has 0 atom stereocenters. The standard InChI is InChI=1S/C14H17N7/c1-2-17-13-12-8(3-11(6-15)19-13)7-18-14(21-12)20-10-4-9(16)5-10/h3,7,9-10H,2,4-5,16H2,1H3,(H,17,19)(H,18,20,21). The summed E-state index contributed by atoms with van der Waals surface area (Å²) in [5.74, 6) is 1.19. The van der Waals surface area contributed by atoms with Crippen LogP contribution in [0.3, 0.4) is 0 Å².